The molecule has 0 bridgehead atoms. The molecule has 2 fully saturated rings. The molecule has 4 N–H and O–H groups in total. The van der Waals surface area contributed by atoms with Crippen molar-refractivity contribution in [2.24, 2.45) is 0 Å². The minimum Gasteiger partial charge on any atom is -0.383 e. The van der Waals surface area contributed by atoms with Crippen molar-refractivity contribution < 1.29 is 26.3 Å². The molecule has 0 radical (unpaired) electrons. The summed E-state index contributed by atoms with van der Waals surface area (Å²) in [5, 5.41) is 8.79. The van der Waals surface area contributed by atoms with E-state index in [1.54, 1.807) is 10.9 Å². The number of hydrogen-bond donors (Lipinski definition) is 3. The van der Waals surface area contributed by atoms with Crippen molar-refractivity contribution in [3.63, 3.8) is 0 Å². The molecule has 3 heterocycles. The molecule has 0 amide bonds. The van der Waals surface area contributed by atoms with Crippen LogP contribution in [0.1, 0.15) is 62.6 Å². The lowest BCUT2D eigenvalue weighted by Gasteiger charge is -2.35. The fraction of sp³-hybridized carbons (Fsp3) is 0.419. The Morgan fingerprint density at radius 3 is 2.41 bits per heavy atom. The van der Waals surface area contributed by atoms with Gasteiger partial charge >= 0.3 is 0 Å². The maximum absolute atomic E-state index is 15.7. The number of sulfonamides is 1. The minimum absolute atomic E-state index is 0.0975. The number of halogens is 3. The number of benzene rings is 2. The van der Waals surface area contributed by atoms with E-state index in [0.717, 1.165) is 68.2 Å². The lowest BCUT2D eigenvalue weighted by Crippen LogP contribution is -2.51. The summed E-state index contributed by atoms with van der Waals surface area (Å²) < 4.78 is 79.6. The molecule has 2 aromatic carbocycles. The van der Waals surface area contributed by atoms with Gasteiger partial charge in [0.15, 0.2) is 0 Å². The summed E-state index contributed by atoms with van der Waals surface area (Å²) >= 11 is 0. The summed E-state index contributed by atoms with van der Waals surface area (Å²) in [6.45, 7) is 5.39. The Morgan fingerprint density at radius 2 is 1.75 bits per heavy atom. The Hall–Kier alpha value is -3.68. The molecular weight excluding hydrogens is 593 g/mol. The summed E-state index contributed by atoms with van der Waals surface area (Å²) in [6, 6.07) is 7.72. The van der Waals surface area contributed by atoms with Gasteiger partial charge in [0.05, 0.1) is 41.6 Å². The monoisotopic (exact) mass is 628 g/mol. The van der Waals surface area contributed by atoms with Crippen LogP contribution in [0.15, 0.2) is 42.6 Å². The highest BCUT2D eigenvalue weighted by Gasteiger charge is 2.31. The predicted molar refractivity (Wildman–Crippen MR) is 163 cm³/mol. The first kappa shape index (κ1) is 30.4. The van der Waals surface area contributed by atoms with Crippen LogP contribution in [-0.4, -0.2) is 48.5 Å². The van der Waals surface area contributed by atoms with Gasteiger partial charge in [0.25, 0.3) is 0 Å². The zero-order chi connectivity index (χ0) is 31.2. The number of nitrogens with two attached hydrogens (primary N) is 1. The average molecular weight is 629 g/mol. The second-order valence-corrected chi connectivity index (χ2v) is 13.6. The maximum Gasteiger partial charge on any atom is 0.237 e. The van der Waals surface area contributed by atoms with Crippen molar-refractivity contribution >= 4 is 32.4 Å². The van der Waals surface area contributed by atoms with E-state index < -0.39 is 38.9 Å². The third-order valence-corrected chi connectivity index (χ3v) is 9.65. The third kappa shape index (κ3) is 6.00. The number of nitrogen functional groups attached to an aromatic ring is 1. The largest absolute Gasteiger partial charge is 0.383 e. The van der Waals surface area contributed by atoms with E-state index in [1.807, 2.05) is 18.6 Å². The fourth-order valence-electron chi connectivity index (χ4n) is 6.15. The number of pyridine rings is 1. The van der Waals surface area contributed by atoms with Crippen LogP contribution in [0.25, 0.3) is 22.2 Å². The highest BCUT2D eigenvalue weighted by atomic mass is 32.2. The van der Waals surface area contributed by atoms with Gasteiger partial charge in [-0.1, -0.05) is 18.2 Å². The molecule has 0 spiro atoms. The maximum atomic E-state index is 15.7. The van der Waals surface area contributed by atoms with Crippen molar-refractivity contribution in [1.29, 1.82) is 0 Å². The predicted octanol–water partition coefficient (Wildman–Crippen LogP) is 5.64. The number of nitrogens with one attached hydrogen (secondary N) is 2. The number of ether oxygens (including phenoxy) is 1. The smallest absolute Gasteiger partial charge is 0.237 e. The number of hydrogen-bond acceptors (Lipinski definition) is 7. The van der Waals surface area contributed by atoms with Gasteiger partial charge in [0.2, 0.25) is 10.0 Å². The fourth-order valence-corrected chi connectivity index (χ4v) is 7.35. The van der Waals surface area contributed by atoms with Crippen LogP contribution in [0.3, 0.4) is 0 Å². The highest BCUT2D eigenvalue weighted by Crippen LogP contribution is 2.42. The van der Waals surface area contributed by atoms with Gasteiger partial charge in [-0.05, 0) is 63.1 Å². The van der Waals surface area contributed by atoms with Crippen LogP contribution in [0.5, 0.6) is 0 Å². The summed E-state index contributed by atoms with van der Waals surface area (Å²) in [6.07, 6.45) is 5.60. The molecule has 9 nitrogen and oxygen atoms in total. The van der Waals surface area contributed by atoms with Crippen molar-refractivity contribution in [3.8, 4) is 11.3 Å². The van der Waals surface area contributed by atoms with Crippen LogP contribution >= 0.6 is 0 Å². The quantitative estimate of drug-likeness (QED) is 0.219. The SMILES string of the molecule is CC(C)n1nc(-c2cc(F)c(NS(=O)(=O)Cc3ccccc3F)cc2F)c2c(N)ncc([C@H]3CC[C@H](NC4COC4)CC3)c21. The Balaban J connectivity index is 1.33. The molecule has 2 aromatic heterocycles. The first-order chi connectivity index (χ1) is 21.0. The number of rotatable bonds is 9. The number of nitrogens with zero attached hydrogens (tertiary/aromatic N) is 3. The summed E-state index contributed by atoms with van der Waals surface area (Å²) in [4.78, 5) is 4.45. The van der Waals surface area contributed by atoms with Crippen molar-refractivity contribution in [2.75, 3.05) is 23.7 Å². The zero-order valence-corrected chi connectivity index (χ0v) is 25.3. The van der Waals surface area contributed by atoms with Gasteiger partial charge in [-0.15, -0.1) is 0 Å². The van der Waals surface area contributed by atoms with Crippen LogP contribution in [0.4, 0.5) is 24.7 Å². The minimum atomic E-state index is -4.26. The standard InChI is InChI=1S/C31H35F3N6O3S/c1-17(2)40-30-23(18-7-9-20(10-8-18)37-21-14-43-15-21)13-36-31(35)28(30)29(38-40)22-11-26(34)27(12-25(22)33)39-44(41,42)16-19-5-3-4-6-24(19)32/h3-6,11-13,17-18,20-21,37,39H,7-10,14-16H2,1-2H3,(H2,35,36)/t18-,20-. The molecule has 1 saturated carbocycles. The van der Waals surface area contributed by atoms with E-state index in [1.165, 1.54) is 18.2 Å². The molecule has 6 rings (SSSR count). The molecule has 1 aliphatic heterocycles. The number of fused-ring (bicyclic) bond motifs is 1. The van der Waals surface area contributed by atoms with E-state index in [4.69, 9.17) is 15.6 Å². The van der Waals surface area contributed by atoms with Gasteiger partial charge < -0.3 is 15.8 Å². The molecule has 0 atom stereocenters. The zero-order valence-electron chi connectivity index (χ0n) is 24.5. The summed E-state index contributed by atoms with van der Waals surface area (Å²) in [7, 11) is -4.26. The van der Waals surface area contributed by atoms with Crippen molar-refractivity contribution in [3.05, 3.63) is 71.2 Å². The van der Waals surface area contributed by atoms with Gasteiger partial charge in [0.1, 0.15) is 29.0 Å². The second kappa shape index (κ2) is 12.0. The topological polar surface area (TPSA) is 124 Å². The van der Waals surface area contributed by atoms with Crippen LogP contribution in [-0.2, 0) is 20.5 Å². The first-order valence-corrected chi connectivity index (χ1v) is 16.4. The molecule has 4 aromatic rings. The van der Waals surface area contributed by atoms with E-state index in [0.29, 0.717) is 17.5 Å². The van der Waals surface area contributed by atoms with Gasteiger partial charge in [-0.2, -0.15) is 5.10 Å². The molecule has 1 saturated heterocycles. The number of aromatic nitrogens is 3. The van der Waals surface area contributed by atoms with E-state index in [-0.39, 0.29) is 34.6 Å². The molecule has 44 heavy (non-hydrogen) atoms. The lowest BCUT2D eigenvalue weighted by atomic mass is 9.81. The summed E-state index contributed by atoms with van der Waals surface area (Å²) in [5.41, 5.74) is 7.32. The Kier molecular flexibility index (Phi) is 8.29. The van der Waals surface area contributed by atoms with E-state index >= 15 is 8.78 Å². The van der Waals surface area contributed by atoms with Crippen LogP contribution < -0.4 is 15.8 Å². The molecule has 1 aliphatic carbocycles. The van der Waals surface area contributed by atoms with Crippen LogP contribution in [0.2, 0.25) is 0 Å². The van der Waals surface area contributed by atoms with Crippen molar-refractivity contribution in [1.82, 2.24) is 20.1 Å². The third-order valence-electron chi connectivity index (χ3n) is 8.43. The average Bonchev–Trinajstić information content (AvgIpc) is 3.36. The molecule has 234 valence electrons. The summed E-state index contributed by atoms with van der Waals surface area (Å²) in [5.74, 6) is -3.05. The molecule has 2 aliphatic rings. The Labute approximate surface area is 254 Å². The Bertz CT molecular complexity index is 1800. The van der Waals surface area contributed by atoms with Gasteiger partial charge in [-0.25, -0.2) is 26.6 Å². The Morgan fingerprint density at radius 1 is 1.02 bits per heavy atom. The van der Waals surface area contributed by atoms with E-state index in [2.05, 4.69) is 10.3 Å². The molecule has 0 unspecified atom stereocenters. The van der Waals surface area contributed by atoms with E-state index in [9.17, 15) is 12.8 Å². The molecule has 13 heteroatoms. The lowest BCUT2D eigenvalue weighted by molar-refractivity contribution is -0.0121. The number of anilines is 2. The molecular formula is C31H35F3N6O3S. The van der Waals surface area contributed by atoms with Crippen molar-refractivity contribution in [2.45, 2.75) is 69.3 Å². The van der Waals surface area contributed by atoms with Crippen LogP contribution in [0, 0.1) is 17.5 Å². The first-order valence-electron chi connectivity index (χ1n) is 14.7. The highest BCUT2D eigenvalue weighted by molar-refractivity contribution is 7.91. The van der Waals surface area contributed by atoms with Gasteiger partial charge in [-0.3, -0.25) is 9.40 Å². The normalized spacial score (nSPS) is 19.4. The second-order valence-electron chi connectivity index (χ2n) is 11.9. The van der Waals surface area contributed by atoms with Gasteiger partial charge in [0, 0.05) is 35.5 Å².